The fraction of sp³-hybridized carbons (Fsp3) is 0.800. The summed E-state index contributed by atoms with van der Waals surface area (Å²) in [5.41, 5.74) is 6.93. The average Bonchev–Trinajstić information content (AvgIpc) is 2.53. The van der Waals surface area contributed by atoms with Crippen molar-refractivity contribution in [2.24, 2.45) is 5.18 Å². The van der Waals surface area contributed by atoms with Crippen LogP contribution in [0, 0.1) is 15.6 Å². The second-order valence-electron chi connectivity index (χ2n) is 3.81. The fourth-order valence-corrected chi connectivity index (χ4v) is 3.35. The zero-order valence-corrected chi connectivity index (χ0v) is 13.6. The van der Waals surface area contributed by atoms with E-state index in [2.05, 4.69) is 14.7 Å². The van der Waals surface area contributed by atoms with Gasteiger partial charge in [-0.2, -0.15) is 0 Å². The molecule has 0 aliphatic heterocycles. The Hall–Kier alpha value is -1.44. The summed E-state index contributed by atoms with van der Waals surface area (Å²) in [6.45, 7) is -1.31. The number of nitroso groups, excluding NO2 is 1. The molecule has 0 rings (SSSR count). The standard InChI is InChI=1S/C10H17N3O8S2/c11-13(19)8(10(17)21-4-2-15)6-23-22-5-7(12-18)9(16)20-3-1-14/h7-8,11,14-15H,1-6H2. The second kappa shape index (κ2) is 13.0. The molecule has 0 saturated carbocycles. The van der Waals surface area contributed by atoms with Crippen LogP contribution in [0.25, 0.3) is 0 Å². The van der Waals surface area contributed by atoms with Crippen molar-refractivity contribution in [1.82, 2.24) is 0 Å². The zero-order chi connectivity index (χ0) is 17.7. The van der Waals surface area contributed by atoms with E-state index in [1.807, 2.05) is 0 Å². The number of aliphatic hydroxyl groups is 2. The van der Waals surface area contributed by atoms with E-state index in [1.54, 1.807) is 0 Å². The van der Waals surface area contributed by atoms with Crippen LogP contribution in [-0.2, 0) is 19.1 Å². The quantitative estimate of drug-likeness (QED) is 0.0727. The Bertz CT molecular complexity index is 412. The lowest BCUT2D eigenvalue weighted by Crippen LogP contribution is -2.34. The summed E-state index contributed by atoms with van der Waals surface area (Å²) in [4.78, 5) is 33.1. The Kier molecular flexibility index (Phi) is 12.2. The average molecular weight is 371 g/mol. The lowest BCUT2D eigenvalue weighted by molar-refractivity contribution is -0.573. The monoisotopic (exact) mass is 371 g/mol. The van der Waals surface area contributed by atoms with Crippen LogP contribution in [0.4, 0.5) is 0 Å². The molecule has 0 aliphatic carbocycles. The minimum absolute atomic E-state index is 0.0618. The maximum Gasteiger partial charge on any atom is 0.380 e. The van der Waals surface area contributed by atoms with E-state index in [4.69, 9.17) is 15.7 Å². The van der Waals surface area contributed by atoms with Gasteiger partial charge in [0, 0.05) is 5.75 Å². The summed E-state index contributed by atoms with van der Waals surface area (Å²) >= 11 is 0. The van der Waals surface area contributed by atoms with Gasteiger partial charge in [0.25, 0.3) is 6.04 Å². The van der Waals surface area contributed by atoms with Gasteiger partial charge in [0.1, 0.15) is 13.2 Å². The first kappa shape index (κ1) is 21.6. The number of carbonyl (C=O) groups is 2. The van der Waals surface area contributed by atoms with Crippen molar-refractivity contribution in [3.8, 4) is 0 Å². The van der Waals surface area contributed by atoms with Gasteiger partial charge in [-0.3, -0.25) is 0 Å². The summed E-state index contributed by atoms with van der Waals surface area (Å²) in [5, 5.41) is 30.6. The highest BCUT2D eigenvalue weighted by molar-refractivity contribution is 8.76. The molecule has 0 radical (unpaired) electrons. The molecule has 132 valence electrons. The number of hydrogen-bond donors (Lipinski definition) is 3. The molecule has 23 heavy (non-hydrogen) atoms. The number of ether oxygens (including phenoxy) is 2. The summed E-state index contributed by atoms with van der Waals surface area (Å²) in [6.07, 6.45) is 0. The summed E-state index contributed by atoms with van der Waals surface area (Å²) in [5.74, 6) is -2.02. The third-order valence-corrected chi connectivity index (χ3v) is 4.55. The van der Waals surface area contributed by atoms with Crippen LogP contribution in [0.2, 0.25) is 0 Å². The second-order valence-corrected chi connectivity index (χ2v) is 6.37. The molecule has 0 saturated heterocycles. The van der Waals surface area contributed by atoms with Gasteiger partial charge in [-0.15, -0.1) is 4.91 Å². The number of hydrogen-bond acceptors (Lipinski definition) is 12. The summed E-state index contributed by atoms with van der Waals surface area (Å²) in [7, 11) is 1.96. The Morgan fingerprint density at radius 1 is 1.13 bits per heavy atom. The topological polar surface area (TPSA) is 172 Å². The molecule has 13 heteroatoms. The van der Waals surface area contributed by atoms with Gasteiger partial charge in [0.15, 0.2) is 6.04 Å². The first-order valence-corrected chi connectivity index (χ1v) is 8.76. The van der Waals surface area contributed by atoms with E-state index in [9.17, 15) is 19.7 Å². The highest BCUT2D eigenvalue weighted by Crippen LogP contribution is 2.25. The highest BCUT2D eigenvalue weighted by atomic mass is 33.1. The van der Waals surface area contributed by atoms with Crippen molar-refractivity contribution in [2.45, 2.75) is 12.1 Å². The van der Waals surface area contributed by atoms with Crippen LogP contribution >= 0.6 is 21.6 Å². The van der Waals surface area contributed by atoms with Crippen molar-refractivity contribution >= 4 is 33.5 Å². The predicted octanol–water partition coefficient (Wildman–Crippen LogP) is -0.516. The van der Waals surface area contributed by atoms with E-state index in [1.165, 1.54) is 0 Å². The number of nitrogens with one attached hydrogen (secondary N) is 1. The van der Waals surface area contributed by atoms with Gasteiger partial charge in [-0.25, -0.2) is 9.59 Å². The lowest BCUT2D eigenvalue weighted by Gasteiger charge is -2.12. The smallest absolute Gasteiger partial charge is 0.380 e. The Morgan fingerprint density at radius 3 is 2.13 bits per heavy atom. The molecule has 0 aromatic carbocycles. The van der Waals surface area contributed by atoms with Crippen molar-refractivity contribution < 1.29 is 34.1 Å². The van der Waals surface area contributed by atoms with Gasteiger partial charge in [-0.05, 0) is 5.53 Å². The third-order valence-electron chi connectivity index (χ3n) is 2.16. The highest BCUT2D eigenvalue weighted by Gasteiger charge is 2.29. The lowest BCUT2D eigenvalue weighted by atomic mass is 10.4. The molecule has 0 fully saturated rings. The fourth-order valence-electron chi connectivity index (χ4n) is 1.08. The van der Waals surface area contributed by atoms with E-state index in [0.717, 1.165) is 21.6 Å². The third kappa shape index (κ3) is 9.32. The van der Waals surface area contributed by atoms with Crippen molar-refractivity contribution in [2.75, 3.05) is 37.9 Å². The normalized spacial score (nSPS) is 13.0. The Morgan fingerprint density at radius 2 is 1.65 bits per heavy atom. The molecule has 2 unspecified atom stereocenters. The molecule has 0 spiro atoms. The van der Waals surface area contributed by atoms with Crippen LogP contribution < -0.4 is 0 Å². The molecule has 0 heterocycles. The van der Waals surface area contributed by atoms with Crippen LogP contribution in [0.15, 0.2) is 5.18 Å². The first-order valence-electron chi connectivity index (χ1n) is 6.27. The molecule has 0 amide bonds. The summed E-state index contributed by atoms with van der Waals surface area (Å²) in [6, 6.07) is -2.68. The number of esters is 2. The SMILES string of the molecule is N=[N+]([O-])C(CSSCC(N=O)C(=O)OCCO)C(=O)OCCO. The van der Waals surface area contributed by atoms with Gasteiger partial charge >= 0.3 is 11.9 Å². The molecule has 2 atom stereocenters. The Balaban J connectivity index is 4.22. The van der Waals surface area contributed by atoms with Gasteiger partial charge in [0.05, 0.1) is 19.0 Å². The number of carbonyl (C=O) groups excluding carboxylic acids is 2. The molecule has 3 N–H and O–H groups in total. The molecular weight excluding hydrogens is 354 g/mol. The van der Waals surface area contributed by atoms with Crippen molar-refractivity contribution in [3.05, 3.63) is 10.1 Å². The molecule has 0 aromatic rings. The maximum atomic E-state index is 11.5. The molecule has 0 aliphatic rings. The Labute approximate surface area is 139 Å². The number of hydroxylamine groups is 1. The first-order chi connectivity index (χ1) is 11.0. The van der Waals surface area contributed by atoms with E-state index in [0.29, 0.717) is 0 Å². The molecule has 0 bridgehead atoms. The van der Waals surface area contributed by atoms with E-state index < -0.39 is 30.6 Å². The van der Waals surface area contributed by atoms with Crippen LogP contribution in [-0.4, -0.2) is 77.0 Å². The number of rotatable bonds is 13. The maximum absolute atomic E-state index is 11.5. The van der Waals surface area contributed by atoms with Crippen LogP contribution in [0.5, 0.6) is 0 Å². The largest absolute Gasteiger partial charge is 0.599 e. The molecular formula is C10H17N3O8S2. The van der Waals surface area contributed by atoms with E-state index >= 15 is 0 Å². The summed E-state index contributed by atoms with van der Waals surface area (Å²) < 4.78 is 9.11. The zero-order valence-electron chi connectivity index (χ0n) is 12.0. The van der Waals surface area contributed by atoms with Gasteiger partial charge in [0.2, 0.25) is 0 Å². The molecule has 11 nitrogen and oxygen atoms in total. The van der Waals surface area contributed by atoms with Crippen LogP contribution in [0.1, 0.15) is 0 Å². The number of aliphatic hydroxyl groups excluding tert-OH is 2. The minimum atomic E-state index is -1.40. The van der Waals surface area contributed by atoms with Crippen molar-refractivity contribution in [3.63, 3.8) is 0 Å². The predicted molar refractivity (Wildman–Crippen MR) is 80.7 cm³/mol. The van der Waals surface area contributed by atoms with Crippen molar-refractivity contribution in [1.29, 1.82) is 5.53 Å². The number of nitrogens with zero attached hydrogens (tertiary/aromatic N) is 2. The van der Waals surface area contributed by atoms with Crippen LogP contribution in [0.3, 0.4) is 0 Å². The van der Waals surface area contributed by atoms with Gasteiger partial charge < -0.3 is 24.9 Å². The minimum Gasteiger partial charge on any atom is -0.599 e. The molecule has 0 aromatic heterocycles. The van der Waals surface area contributed by atoms with E-state index in [-0.39, 0.29) is 36.2 Å². The van der Waals surface area contributed by atoms with Gasteiger partial charge in [-0.1, -0.05) is 31.6 Å².